The van der Waals surface area contributed by atoms with Crippen LogP contribution in [0, 0.1) is 17.8 Å². The number of carboxylic acid groups (broad SMARTS) is 1. The van der Waals surface area contributed by atoms with Crippen molar-refractivity contribution in [1.29, 1.82) is 0 Å². The van der Waals surface area contributed by atoms with E-state index in [1.807, 2.05) is 4.90 Å². The summed E-state index contributed by atoms with van der Waals surface area (Å²) in [4.78, 5) is 20.5. The lowest BCUT2D eigenvalue weighted by Gasteiger charge is -2.30. The molecular weight excluding hydrogens is 368 g/mol. The number of anilines is 1. The van der Waals surface area contributed by atoms with Crippen molar-refractivity contribution in [1.82, 2.24) is 9.97 Å². The Balaban J connectivity index is 1.70. The summed E-state index contributed by atoms with van der Waals surface area (Å²) in [6, 6.07) is 0. The van der Waals surface area contributed by atoms with Gasteiger partial charge in [0.05, 0.1) is 0 Å². The normalized spacial score (nSPS) is 29.2. The van der Waals surface area contributed by atoms with Gasteiger partial charge in [0, 0.05) is 37.8 Å². The van der Waals surface area contributed by atoms with Gasteiger partial charge in [0.15, 0.2) is 0 Å². The van der Waals surface area contributed by atoms with Crippen molar-refractivity contribution < 1.29 is 27.1 Å². The number of nitrogens with zero attached hydrogens (tertiary/aromatic N) is 3. The number of carboxylic acids is 1. The Labute approximate surface area is 149 Å². The Bertz CT molecular complexity index is 878. The molecule has 0 spiro atoms. The van der Waals surface area contributed by atoms with Gasteiger partial charge in [-0.25, -0.2) is 18.4 Å². The summed E-state index contributed by atoms with van der Waals surface area (Å²) in [5.74, 6) is -3.23. The number of hydrogen-bond donors (Lipinski definition) is 1. The molecule has 10 heteroatoms. The summed E-state index contributed by atoms with van der Waals surface area (Å²) in [5, 5.41) is 8.35. The highest BCUT2D eigenvalue weighted by Crippen LogP contribution is 2.55. The summed E-state index contributed by atoms with van der Waals surface area (Å²) in [5.41, 5.74) is -0.151. The van der Waals surface area contributed by atoms with E-state index in [1.165, 1.54) is 0 Å². The van der Waals surface area contributed by atoms with Crippen LogP contribution in [0.4, 0.5) is 14.6 Å². The van der Waals surface area contributed by atoms with Gasteiger partial charge in [0.25, 0.3) is 5.92 Å². The van der Waals surface area contributed by atoms with Crippen LogP contribution < -0.4 is 4.90 Å². The number of fused-ring (bicyclic) bond motifs is 2. The molecule has 2 aliphatic carbocycles. The third-order valence-electron chi connectivity index (χ3n) is 5.64. The molecule has 1 aromatic rings. The second-order valence-corrected chi connectivity index (χ2v) is 9.39. The summed E-state index contributed by atoms with van der Waals surface area (Å²) >= 11 is 0. The van der Waals surface area contributed by atoms with Crippen LogP contribution in [0.15, 0.2) is 5.16 Å². The number of aromatic nitrogens is 2. The number of rotatable bonds is 4. The van der Waals surface area contributed by atoms with Gasteiger partial charge in [-0.3, -0.25) is 4.79 Å². The van der Waals surface area contributed by atoms with Gasteiger partial charge in [0.2, 0.25) is 15.0 Å². The maximum absolute atomic E-state index is 14.4. The SMILES string of the molecule is CS(=O)(=O)c1nc(N2C[C@@H]3[C@H](CC(=O)O)[C@@H]3C2)c2c(n1)C(F)(F)CCC2. The molecule has 7 nitrogen and oxygen atoms in total. The fraction of sp³-hybridized carbons (Fsp3) is 0.688. The van der Waals surface area contributed by atoms with Crippen LogP contribution in [-0.4, -0.2) is 48.8 Å². The second kappa shape index (κ2) is 5.58. The second-order valence-electron chi connectivity index (χ2n) is 7.48. The maximum Gasteiger partial charge on any atom is 0.303 e. The fourth-order valence-corrected chi connectivity index (χ4v) is 4.85. The van der Waals surface area contributed by atoms with E-state index in [0.717, 1.165) is 6.26 Å². The van der Waals surface area contributed by atoms with E-state index < -0.39 is 32.6 Å². The Hall–Kier alpha value is -1.84. The molecule has 1 saturated carbocycles. The molecule has 3 aliphatic rings. The Morgan fingerprint density at radius 2 is 1.96 bits per heavy atom. The first-order valence-corrected chi connectivity index (χ1v) is 10.4. The fourth-order valence-electron chi connectivity index (χ4n) is 4.34. The molecule has 1 aliphatic heterocycles. The molecule has 4 rings (SSSR count). The number of sulfone groups is 1. The minimum absolute atomic E-state index is 0.109. The predicted molar refractivity (Wildman–Crippen MR) is 86.9 cm³/mol. The molecule has 0 bridgehead atoms. The molecule has 142 valence electrons. The largest absolute Gasteiger partial charge is 0.481 e. The molecule has 26 heavy (non-hydrogen) atoms. The first-order chi connectivity index (χ1) is 12.1. The lowest BCUT2D eigenvalue weighted by Crippen LogP contribution is -2.32. The Morgan fingerprint density at radius 1 is 1.31 bits per heavy atom. The third-order valence-corrected chi connectivity index (χ3v) is 6.49. The maximum atomic E-state index is 14.4. The zero-order valence-corrected chi connectivity index (χ0v) is 15.0. The number of aliphatic carboxylic acids is 1. The Morgan fingerprint density at radius 3 is 2.54 bits per heavy atom. The number of piperidine rings is 1. The average Bonchev–Trinajstić information content (AvgIpc) is 2.96. The van der Waals surface area contributed by atoms with Crippen LogP contribution in [0.2, 0.25) is 0 Å². The van der Waals surface area contributed by atoms with E-state index in [0.29, 0.717) is 25.1 Å². The molecule has 2 fully saturated rings. The number of carbonyl (C=O) groups is 1. The topological polar surface area (TPSA) is 100 Å². The van der Waals surface area contributed by atoms with E-state index in [4.69, 9.17) is 5.11 Å². The number of halogens is 2. The molecule has 0 unspecified atom stereocenters. The third kappa shape index (κ3) is 2.83. The van der Waals surface area contributed by atoms with Crippen molar-refractivity contribution >= 4 is 21.6 Å². The van der Waals surface area contributed by atoms with Crippen molar-refractivity contribution in [3.8, 4) is 0 Å². The van der Waals surface area contributed by atoms with Gasteiger partial charge in [0.1, 0.15) is 11.5 Å². The molecule has 0 aromatic carbocycles. The monoisotopic (exact) mass is 387 g/mol. The van der Waals surface area contributed by atoms with Crippen molar-refractivity contribution in [3.05, 3.63) is 11.3 Å². The number of alkyl halides is 2. The molecule has 0 amide bonds. The van der Waals surface area contributed by atoms with Gasteiger partial charge in [-0.15, -0.1) is 0 Å². The summed E-state index contributed by atoms with van der Waals surface area (Å²) in [6.45, 7) is 1.03. The number of hydrogen-bond acceptors (Lipinski definition) is 6. The van der Waals surface area contributed by atoms with Crippen molar-refractivity contribution in [2.75, 3.05) is 24.2 Å². The summed E-state index contributed by atoms with van der Waals surface area (Å²) in [7, 11) is -3.83. The molecule has 3 atom stereocenters. The zero-order valence-electron chi connectivity index (χ0n) is 14.2. The summed E-state index contributed by atoms with van der Waals surface area (Å²) in [6.07, 6.45) is 1.33. The van der Waals surface area contributed by atoms with Crippen molar-refractivity contribution in [2.45, 2.75) is 36.8 Å². The predicted octanol–water partition coefficient (Wildman–Crippen LogP) is 1.47. The van der Waals surface area contributed by atoms with Gasteiger partial charge in [-0.05, 0) is 30.6 Å². The van der Waals surface area contributed by atoms with Crippen LogP contribution in [0.5, 0.6) is 0 Å². The molecule has 0 radical (unpaired) electrons. The molecule has 1 saturated heterocycles. The zero-order chi connectivity index (χ0) is 18.9. The highest BCUT2D eigenvalue weighted by atomic mass is 32.2. The minimum atomic E-state index is -3.83. The van der Waals surface area contributed by atoms with Crippen LogP contribution in [0.25, 0.3) is 0 Å². The smallest absolute Gasteiger partial charge is 0.303 e. The minimum Gasteiger partial charge on any atom is -0.481 e. The quantitative estimate of drug-likeness (QED) is 0.781. The first kappa shape index (κ1) is 17.6. The van der Waals surface area contributed by atoms with Gasteiger partial charge >= 0.3 is 5.97 Å². The van der Waals surface area contributed by atoms with Gasteiger partial charge in [-0.2, -0.15) is 8.78 Å². The van der Waals surface area contributed by atoms with E-state index in [9.17, 15) is 22.0 Å². The lowest BCUT2D eigenvalue weighted by molar-refractivity contribution is -0.137. The van der Waals surface area contributed by atoms with Gasteiger partial charge in [-0.1, -0.05) is 0 Å². The van der Waals surface area contributed by atoms with Crippen LogP contribution in [0.1, 0.15) is 30.5 Å². The van der Waals surface area contributed by atoms with E-state index in [-0.39, 0.29) is 42.8 Å². The van der Waals surface area contributed by atoms with Crippen molar-refractivity contribution in [2.24, 2.45) is 17.8 Å². The average molecular weight is 387 g/mol. The lowest BCUT2D eigenvalue weighted by atomic mass is 9.93. The van der Waals surface area contributed by atoms with Crippen LogP contribution in [-0.2, 0) is 27.0 Å². The highest BCUT2D eigenvalue weighted by Gasteiger charge is 2.57. The highest BCUT2D eigenvalue weighted by molar-refractivity contribution is 7.90. The standard InChI is InChI=1S/C16H19F2N3O4S/c1-26(24,25)15-19-13-8(3-2-4-16(13,17)18)14(20-15)21-6-10-9(5-12(22)23)11(10)7-21/h9-11H,2-7H2,1H3,(H,22,23)/t9-,10+,11-. The molecule has 1 aromatic heterocycles. The van der Waals surface area contributed by atoms with Crippen LogP contribution in [0.3, 0.4) is 0 Å². The molecule has 2 heterocycles. The van der Waals surface area contributed by atoms with Crippen molar-refractivity contribution in [3.63, 3.8) is 0 Å². The molecule has 1 N–H and O–H groups in total. The molecular formula is C16H19F2N3O4S. The van der Waals surface area contributed by atoms with Gasteiger partial charge < -0.3 is 10.0 Å². The van der Waals surface area contributed by atoms with Crippen LogP contribution >= 0.6 is 0 Å². The first-order valence-electron chi connectivity index (χ1n) is 8.54. The Kier molecular flexibility index (Phi) is 3.77. The van der Waals surface area contributed by atoms with E-state index >= 15 is 0 Å². The van der Waals surface area contributed by atoms with E-state index in [1.54, 1.807) is 0 Å². The van der Waals surface area contributed by atoms with E-state index in [2.05, 4.69) is 9.97 Å². The summed E-state index contributed by atoms with van der Waals surface area (Å²) < 4.78 is 52.5.